The Morgan fingerprint density at radius 2 is 1.86 bits per heavy atom. The van der Waals surface area contributed by atoms with E-state index in [0.717, 1.165) is 18.4 Å². The van der Waals surface area contributed by atoms with Gasteiger partial charge in [0.05, 0.1) is 14.2 Å². The van der Waals surface area contributed by atoms with E-state index in [1.54, 1.807) is 14.2 Å². The Hall–Kier alpha value is -1.95. The molecule has 21 heavy (non-hydrogen) atoms. The van der Waals surface area contributed by atoms with Gasteiger partial charge >= 0.3 is 0 Å². The number of benzene rings is 1. The molecule has 1 saturated carbocycles. The maximum atomic E-state index is 11.7. The van der Waals surface area contributed by atoms with E-state index >= 15 is 0 Å². The molecule has 0 unspecified atom stereocenters. The van der Waals surface area contributed by atoms with Gasteiger partial charge in [0.25, 0.3) is 5.91 Å². The second-order valence-corrected chi connectivity index (χ2v) is 4.99. The molecule has 0 heterocycles. The summed E-state index contributed by atoms with van der Waals surface area (Å²) in [5.41, 5.74) is 1.01. The van der Waals surface area contributed by atoms with Gasteiger partial charge in [0.2, 0.25) is 5.75 Å². The molecule has 0 atom stereocenters. The minimum absolute atomic E-state index is 0.0470. The molecule has 1 aliphatic rings. The SMILES string of the molecule is CNCc1cc(OC)c(OCC(=O)NC2CC2)c(OC)c1. The van der Waals surface area contributed by atoms with E-state index in [1.165, 1.54) is 0 Å². The summed E-state index contributed by atoms with van der Waals surface area (Å²) in [4.78, 5) is 11.7. The maximum Gasteiger partial charge on any atom is 0.258 e. The molecule has 0 bridgehead atoms. The van der Waals surface area contributed by atoms with Crippen LogP contribution in [0, 0.1) is 0 Å². The van der Waals surface area contributed by atoms with Crippen molar-refractivity contribution in [1.82, 2.24) is 10.6 Å². The lowest BCUT2D eigenvalue weighted by atomic mass is 10.2. The molecular weight excluding hydrogens is 272 g/mol. The molecule has 0 radical (unpaired) electrons. The number of amides is 1. The van der Waals surface area contributed by atoms with Gasteiger partial charge in [0, 0.05) is 12.6 Å². The molecule has 6 nitrogen and oxygen atoms in total. The smallest absolute Gasteiger partial charge is 0.258 e. The van der Waals surface area contributed by atoms with Crippen LogP contribution < -0.4 is 24.8 Å². The van der Waals surface area contributed by atoms with E-state index in [4.69, 9.17) is 14.2 Å². The van der Waals surface area contributed by atoms with Crippen LogP contribution in [0.25, 0.3) is 0 Å². The van der Waals surface area contributed by atoms with E-state index in [0.29, 0.717) is 29.8 Å². The Labute approximate surface area is 124 Å². The monoisotopic (exact) mass is 294 g/mol. The van der Waals surface area contributed by atoms with Gasteiger partial charge in [0.15, 0.2) is 18.1 Å². The van der Waals surface area contributed by atoms with E-state index in [1.807, 2.05) is 19.2 Å². The quantitative estimate of drug-likeness (QED) is 0.751. The van der Waals surface area contributed by atoms with Gasteiger partial charge in [-0.05, 0) is 37.6 Å². The fourth-order valence-corrected chi connectivity index (χ4v) is 2.02. The number of carbonyl (C=O) groups excluding carboxylic acids is 1. The van der Waals surface area contributed by atoms with Crippen LogP contribution in [0.3, 0.4) is 0 Å². The van der Waals surface area contributed by atoms with Crippen molar-refractivity contribution in [3.63, 3.8) is 0 Å². The Bertz CT molecular complexity index is 475. The Kier molecular flexibility index (Phi) is 5.27. The van der Waals surface area contributed by atoms with Crippen molar-refractivity contribution in [3.8, 4) is 17.2 Å². The fourth-order valence-electron chi connectivity index (χ4n) is 2.02. The number of rotatable bonds is 8. The summed E-state index contributed by atoms with van der Waals surface area (Å²) in [6.07, 6.45) is 2.11. The summed E-state index contributed by atoms with van der Waals surface area (Å²) in [6, 6.07) is 4.06. The molecule has 0 spiro atoms. The molecule has 116 valence electrons. The maximum absolute atomic E-state index is 11.7. The van der Waals surface area contributed by atoms with Gasteiger partial charge in [-0.1, -0.05) is 0 Å². The van der Waals surface area contributed by atoms with Crippen LogP contribution in [0.1, 0.15) is 18.4 Å². The van der Waals surface area contributed by atoms with Crippen LogP contribution in [0.2, 0.25) is 0 Å². The fraction of sp³-hybridized carbons (Fsp3) is 0.533. The average molecular weight is 294 g/mol. The first kappa shape index (κ1) is 15.4. The zero-order valence-corrected chi connectivity index (χ0v) is 12.7. The van der Waals surface area contributed by atoms with Crippen LogP contribution in [0.5, 0.6) is 17.2 Å². The Morgan fingerprint density at radius 1 is 1.24 bits per heavy atom. The number of nitrogens with one attached hydrogen (secondary N) is 2. The lowest BCUT2D eigenvalue weighted by Crippen LogP contribution is -2.30. The summed E-state index contributed by atoms with van der Waals surface area (Å²) >= 11 is 0. The van der Waals surface area contributed by atoms with Gasteiger partial charge in [-0.3, -0.25) is 4.79 Å². The molecule has 0 saturated heterocycles. The van der Waals surface area contributed by atoms with Crippen molar-refractivity contribution in [1.29, 1.82) is 0 Å². The Balaban J connectivity index is 2.09. The zero-order chi connectivity index (χ0) is 15.2. The van der Waals surface area contributed by atoms with E-state index in [9.17, 15) is 4.79 Å². The zero-order valence-electron chi connectivity index (χ0n) is 12.7. The third-order valence-corrected chi connectivity index (χ3v) is 3.19. The van der Waals surface area contributed by atoms with Crippen LogP contribution in [0.4, 0.5) is 0 Å². The number of hydrogen-bond donors (Lipinski definition) is 2. The summed E-state index contributed by atoms with van der Waals surface area (Å²) in [6.45, 7) is 0.643. The predicted octanol–water partition coefficient (Wildman–Crippen LogP) is 1.08. The number of methoxy groups -OCH3 is 2. The normalized spacial score (nSPS) is 13.7. The number of ether oxygens (including phenoxy) is 3. The van der Waals surface area contributed by atoms with Gasteiger partial charge in [0.1, 0.15) is 0 Å². The minimum Gasteiger partial charge on any atom is -0.493 e. The summed E-state index contributed by atoms with van der Waals surface area (Å²) in [5, 5.41) is 5.94. The molecule has 1 amide bonds. The third kappa shape index (κ3) is 4.26. The van der Waals surface area contributed by atoms with Gasteiger partial charge in [-0.25, -0.2) is 0 Å². The summed E-state index contributed by atoms with van der Waals surface area (Å²) < 4.78 is 16.3. The molecule has 0 aliphatic heterocycles. The van der Waals surface area contributed by atoms with Crippen molar-refractivity contribution >= 4 is 5.91 Å². The summed E-state index contributed by atoms with van der Waals surface area (Å²) in [5.74, 6) is 1.43. The van der Waals surface area contributed by atoms with Crippen LogP contribution >= 0.6 is 0 Å². The second-order valence-electron chi connectivity index (χ2n) is 4.99. The molecule has 1 aromatic rings. The van der Waals surface area contributed by atoms with E-state index in [-0.39, 0.29) is 12.5 Å². The second kappa shape index (κ2) is 7.17. The lowest BCUT2D eigenvalue weighted by molar-refractivity contribution is -0.123. The van der Waals surface area contributed by atoms with Crippen LogP contribution in [-0.2, 0) is 11.3 Å². The lowest BCUT2D eigenvalue weighted by Gasteiger charge is -2.16. The van der Waals surface area contributed by atoms with Crippen molar-refractivity contribution in [2.45, 2.75) is 25.4 Å². The highest BCUT2D eigenvalue weighted by Gasteiger charge is 2.24. The number of hydrogen-bond acceptors (Lipinski definition) is 5. The molecule has 2 rings (SSSR count). The first-order valence-corrected chi connectivity index (χ1v) is 6.99. The Morgan fingerprint density at radius 3 is 2.33 bits per heavy atom. The minimum atomic E-state index is -0.124. The largest absolute Gasteiger partial charge is 0.493 e. The van der Waals surface area contributed by atoms with Gasteiger partial charge in [-0.2, -0.15) is 0 Å². The first-order chi connectivity index (χ1) is 10.2. The van der Waals surface area contributed by atoms with Crippen molar-refractivity contribution in [3.05, 3.63) is 17.7 Å². The molecule has 2 N–H and O–H groups in total. The molecule has 1 fully saturated rings. The van der Waals surface area contributed by atoms with Crippen molar-refractivity contribution < 1.29 is 19.0 Å². The van der Waals surface area contributed by atoms with Crippen LogP contribution in [0.15, 0.2) is 12.1 Å². The van der Waals surface area contributed by atoms with Crippen molar-refractivity contribution in [2.75, 3.05) is 27.9 Å². The van der Waals surface area contributed by atoms with Gasteiger partial charge < -0.3 is 24.8 Å². The topological polar surface area (TPSA) is 68.8 Å². The third-order valence-electron chi connectivity index (χ3n) is 3.19. The first-order valence-electron chi connectivity index (χ1n) is 6.99. The highest BCUT2D eigenvalue weighted by atomic mass is 16.5. The highest BCUT2D eigenvalue weighted by Crippen LogP contribution is 2.38. The van der Waals surface area contributed by atoms with E-state index < -0.39 is 0 Å². The van der Waals surface area contributed by atoms with Gasteiger partial charge in [-0.15, -0.1) is 0 Å². The molecule has 6 heteroatoms. The molecule has 0 aromatic heterocycles. The predicted molar refractivity (Wildman–Crippen MR) is 79.0 cm³/mol. The average Bonchev–Trinajstić information content (AvgIpc) is 3.29. The van der Waals surface area contributed by atoms with E-state index in [2.05, 4.69) is 10.6 Å². The molecule has 1 aromatic carbocycles. The standard InChI is InChI=1S/C15H22N2O4/c1-16-8-10-6-12(19-2)15(13(7-10)20-3)21-9-14(18)17-11-4-5-11/h6-7,11,16H,4-5,8-9H2,1-3H3,(H,17,18). The highest BCUT2D eigenvalue weighted by molar-refractivity contribution is 5.78. The number of carbonyl (C=O) groups is 1. The van der Waals surface area contributed by atoms with Crippen molar-refractivity contribution in [2.24, 2.45) is 0 Å². The summed E-state index contributed by atoms with van der Waals surface area (Å²) in [7, 11) is 5.00. The molecule has 1 aliphatic carbocycles. The molecular formula is C15H22N2O4. The van der Waals surface area contributed by atoms with Crippen LogP contribution in [-0.4, -0.2) is 39.8 Å².